The van der Waals surface area contributed by atoms with Crippen molar-refractivity contribution in [3.63, 3.8) is 0 Å². The fourth-order valence-corrected chi connectivity index (χ4v) is 2.76. The smallest absolute Gasteiger partial charge is 0.272 e. The molecule has 19 heavy (non-hydrogen) atoms. The molecule has 0 bridgehead atoms. The normalized spacial score (nSPS) is 27.2. The van der Waals surface area contributed by atoms with Gasteiger partial charge in [0.15, 0.2) is 0 Å². The maximum atomic E-state index is 12.6. The number of hydrogen-bond acceptors (Lipinski definition) is 4. The Labute approximate surface area is 114 Å². The summed E-state index contributed by atoms with van der Waals surface area (Å²) in [6.45, 7) is 7.30. The molecule has 3 N–H and O–H groups in total. The average Bonchev–Trinajstić information content (AvgIpc) is 2.42. The lowest BCUT2D eigenvalue weighted by Gasteiger charge is -2.40. The van der Waals surface area contributed by atoms with Gasteiger partial charge in [-0.3, -0.25) is 4.79 Å². The van der Waals surface area contributed by atoms with Crippen molar-refractivity contribution >= 4 is 11.7 Å². The molecule has 1 amide bonds. The minimum absolute atomic E-state index is 0.0111. The molecule has 2 heterocycles. The fourth-order valence-electron chi connectivity index (χ4n) is 2.76. The first-order valence-electron chi connectivity index (χ1n) is 6.77. The lowest BCUT2D eigenvalue weighted by atomic mass is 9.86. The number of piperidine rings is 1. The van der Waals surface area contributed by atoms with Gasteiger partial charge in [0, 0.05) is 12.6 Å². The molecule has 5 nitrogen and oxygen atoms in total. The van der Waals surface area contributed by atoms with Crippen LogP contribution in [0.15, 0.2) is 18.2 Å². The first-order chi connectivity index (χ1) is 9.02. The Hall–Kier alpha value is -1.62. The number of amides is 1. The molecule has 1 aromatic rings. The molecule has 3 atom stereocenters. The van der Waals surface area contributed by atoms with Gasteiger partial charge in [-0.15, -0.1) is 0 Å². The summed E-state index contributed by atoms with van der Waals surface area (Å²) in [7, 11) is 0. The number of nitrogens with two attached hydrogens (primary N) is 1. The summed E-state index contributed by atoms with van der Waals surface area (Å²) in [6.07, 6.45) is 1.17. The molecule has 2 rings (SSSR count). The van der Waals surface area contributed by atoms with Gasteiger partial charge in [0.1, 0.15) is 11.5 Å². The molecular weight excluding hydrogens is 240 g/mol. The van der Waals surface area contributed by atoms with E-state index in [2.05, 4.69) is 31.2 Å². The number of rotatable bonds is 2. The van der Waals surface area contributed by atoms with Gasteiger partial charge in [-0.2, -0.15) is 0 Å². The van der Waals surface area contributed by atoms with Crippen molar-refractivity contribution in [2.45, 2.75) is 33.2 Å². The van der Waals surface area contributed by atoms with Gasteiger partial charge in [-0.05, 0) is 37.3 Å². The summed E-state index contributed by atoms with van der Waals surface area (Å²) in [4.78, 5) is 18.7. The second-order valence-corrected chi connectivity index (χ2v) is 5.57. The summed E-state index contributed by atoms with van der Waals surface area (Å²) >= 11 is 0. The first kappa shape index (κ1) is 13.8. The molecule has 1 aromatic heterocycles. The number of carbonyl (C=O) groups excluding carboxylic acids is 1. The second-order valence-electron chi connectivity index (χ2n) is 5.57. The van der Waals surface area contributed by atoms with Crippen LogP contribution in [0, 0.1) is 11.8 Å². The lowest BCUT2D eigenvalue weighted by molar-refractivity contribution is 0.0450. The molecular formula is C14H22N4O. The zero-order valence-corrected chi connectivity index (χ0v) is 11.8. The number of likely N-dealkylation sites (tertiary alicyclic amines) is 1. The van der Waals surface area contributed by atoms with Crippen molar-refractivity contribution in [2.24, 2.45) is 17.7 Å². The minimum atomic E-state index is -0.0111. The van der Waals surface area contributed by atoms with Gasteiger partial charge in [-0.25, -0.2) is 10.8 Å². The number of nitrogens with one attached hydrogen (secondary N) is 1. The van der Waals surface area contributed by atoms with Crippen LogP contribution in [0.5, 0.6) is 0 Å². The topological polar surface area (TPSA) is 71.2 Å². The van der Waals surface area contributed by atoms with Crippen LogP contribution < -0.4 is 11.3 Å². The predicted molar refractivity (Wildman–Crippen MR) is 75.5 cm³/mol. The summed E-state index contributed by atoms with van der Waals surface area (Å²) < 4.78 is 0. The Kier molecular flexibility index (Phi) is 4.04. The molecule has 0 radical (unpaired) electrons. The van der Waals surface area contributed by atoms with Crippen molar-refractivity contribution in [3.05, 3.63) is 23.9 Å². The molecule has 104 valence electrons. The third-order valence-electron chi connectivity index (χ3n) is 3.97. The van der Waals surface area contributed by atoms with E-state index in [0.717, 1.165) is 6.54 Å². The highest BCUT2D eigenvalue weighted by Gasteiger charge is 2.32. The van der Waals surface area contributed by atoms with E-state index in [0.29, 0.717) is 23.3 Å². The number of pyridine rings is 1. The second kappa shape index (κ2) is 5.57. The third kappa shape index (κ3) is 2.87. The Morgan fingerprint density at radius 2 is 2.16 bits per heavy atom. The molecule has 1 fully saturated rings. The van der Waals surface area contributed by atoms with Crippen molar-refractivity contribution in [1.29, 1.82) is 0 Å². The molecule has 0 saturated carbocycles. The number of nitrogens with zero attached hydrogens (tertiary/aromatic N) is 2. The summed E-state index contributed by atoms with van der Waals surface area (Å²) in [5.74, 6) is 6.88. The molecule has 1 aliphatic heterocycles. The summed E-state index contributed by atoms with van der Waals surface area (Å²) in [6, 6.07) is 5.51. The number of hydrogen-bond donors (Lipinski definition) is 2. The zero-order chi connectivity index (χ0) is 14.0. The average molecular weight is 262 g/mol. The molecule has 1 aliphatic rings. The number of hydrazine groups is 1. The molecule has 3 unspecified atom stereocenters. The van der Waals surface area contributed by atoms with Gasteiger partial charge in [0.05, 0.1) is 0 Å². The quantitative estimate of drug-likeness (QED) is 0.630. The van der Waals surface area contributed by atoms with E-state index >= 15 is 0 Å². The van der Waals surface area contributed by atoms with Gasteiger partial charge in [-0.1, -0.05) is 19.9 Å². The number of carbonyl (C=O) groups is 1. The number of nitrogen functional groups attached to an aromatic ring is 1. The molecule has 0 spiro atoms. The fraction of sp³-hybridized carbons (Fsp3) is 0.571. The predicted octanol–water partition coefficient (Wildman–Crippen LogP) is 1.87. The van der Waals surface area contributed by atoms with Gasteiger partial charge in [0.2, 0.25) is 0 Å². The van der Waals surface area contributed by atoms with Crippen LogP contribution >= 0.6 is 0 Å². The maximum Gasteiger partial charge on any atom is 0.272 e. The highest BCUT2D eigenvalue weighted by molar-refractivity contribution is 5.93. The van der Waals surface area contributed by atoms with E-state index < -0.39 is 0 Å². The van der Waals surface area contributed by atoms with Crippen molar-refractivity contribution in [1.82, 2.24) is 9.88 Å². The van der Waals surface area contributed by atoms with Crippen molar-refractivity contribution in [2.75, 3.05) is 12.0 Å². The maximum absolute atomic E-state index is 12.6. The molecule has 0 aromatic carbocycles. The van der Waals surface area contributed by atoms with Crippen LogP contribution in [0.2, 0.25) is 0 Å². The molecule has 0 aliphatic carbocycles. The molecule has 1 saturated heterocycles. The van der Waals surface area contributed by atoms with Gasteiger partial charge in [0.25, 0.3) is 5.91 Å². The van der Waals surface area contributed by atoms with E-state index in [-0.39, 0.29) is 11.9 Å². The summed E-state index contributed by atoms with van der Waals surface area (Å²) in [5.41, 5.74) is 2.92. The largest absolute Gasteiger partial charge is 0.334 e. The van der Waals surface area contributed by atoms with Crippen LogP contribution in [-0.4, -0.2) is 28.4 Å². The Morgan fingerprint density at radius 1 is 1.42 bits per heavy atom. The Balaban J connectivity index is 2.22. The lowest BCUT2D eigenvalue weighted by Crippen LogP contribution is -2.49. The van der Waals surface area contributed by atoms with E-state index in [1.54, 1.807) is 18.2 Å². The van der Waals surface area contributed by atoms with Crippen molar-refractivity contribution < 1.29 is 4.79 Å². The van der Waals surface area contributed by atoms with Crippen LogP contribution in [0.25, 0.3) is 0 Å². The highest BCUT2D eigenvalue weighted by Crippen LogP contribution is 2.27. The van der Waals surface area contributed by atoms with Crippen LogP contribution in [0.3, 0.4) is 0 Å². The number of aromatic nitrogens is 1. The van der Waals surface area contributed by atoms with E-state index in [1.807, 2.05) is 4.90 Å². The van der Waals surface area contributed by atoms with Crippen LogP contribution in [0.4, 0.5) is 5.82 Å². The van der Waals surface area contributed by atoms with Gasteiger partial charge >= 0.3 is 0 Å². The zero-order valence-electron chi connectivity index (χ0n) is 11.8. The summed E-state index contributed by atoms with van der Waals surface area (Å²) in [5, 5.41) is 0. The Bertz CT molecular complexity index is 463. The van der Waals surface area contributed by atoms with E-state index in [4.69, 9.17) is 5.84 Å². The molecule has 5 heteroatoms. The van der Waals surface area contributed by atoms with E-state index in [9.17, 15) is 4.79 Å². The van der Waals surface area contributed by atoms with Crippen LogP contribution in [-0.2, 0) is 0 Å². The monoisotopic (exact) mass is 262 g/mol. The first-order valence-corrected chi connectivity index (χ1v) is 6.77. The highest BCUT2D eigenvalue weighted by atomic mass is 16.2. The SMILES string of the molecule is CC1CC(C)C(C)N(C(=O)c2cccc(NN)n2)C1. The Morgan fingerprint density at radius 3 is 2.84 bits per heavy atom. The minimum Gasteiger partial charge on any atom is -0.334 e. The van der Waals surface area contributed by atoms with Crippen molar-refractivity contribution in [3.8, 4) is 0 Å². The standard InChI is InChI=1S/C14H22N4O/c1-9-7-10(2)11(3)18(8-9)14(19)12-5-4-6-13(16-12)17-15/h4-6,9-11H,7-8,15H2,1-3H3,(H,16,17). The number of anilines is 1. The van der Waals surface area contributed by atoms with Gasteiger partial charge < -0.3 is 10.3 Å². The van der Waals surface area contributed by atoms with Crippen LogP contribution in [0.1, 0.15) is 37.7 Å². The van der Waals surface area contributed by atoms with E-state index in [1.165, 1.54) is 6.42 Å². The third-order valence-corrected chi connectivity index (χ3v) is 3.97.